The van der Waals surface area contributed by atoms with Crippen molar-refractivity contribution >= 4 is 5.97 Å². The van der Waals surface area contributed by atoms with Gasteiger partial charge in [0.2, 0.25) is 5.88 Å². The van der Waals surface area contributed by atoms with E-state index < -0.39 is 11.7 Å². The molecule has 45 heavy (non-hydrogen) atoms. The fraction of sp³-hybridized carbons (Fsp3) is 0.194. The van der Waals surface area contributed by atoms with Gasteiger partial charge in [0.15, 0.2) is 0 Å². The average molecular weight is 607 g/mol. The number of benzene rings is 4. The zero-order chi connectivity index (χ0) is 31.3. The maximum atomic E-state index is 12.5. The van der Waals surface area contributed by atoms with Crippen LogP contribution in [0.3, 0.4) is 0 Å². The Bertz CT molecular complexity index is 1720. The van der Waals surface area contributed by atoms with E-state index in [0.29, 0.717) is 36.5 Å². The number of hydrogen-bond acceptors (Lipinski definition) is 8. The smallest absolute Gasteiger partial charge is 0.352 e. The number of aromatic nitrogens is 2. The Balaban J connectivity index is 1.13. The lowest BCUT2D eigenvalue weighted by molar-refractivity contribution is 0.0162. The van der Waals surface area contributed by atoms with Crippen LogP contribution in [-0.4, -0.2) is 35.8 Å². The molecule has 0 atom stereocenters. The van der Waals surface area contributed by atoms with Crippen LogP contribution in [0.2, 0.25) is 0 Å². The van der Waals surface area contributed by atoms with Gasteiger partial charge in [-0.3, -0.25) is 4.57 Å². The van der Waals surface area contributed by atoms with Crippen molar-refractivity contribution in [3.05, 3.63) is 154 Å². The number of nitrogens with zero attached hydrogens (tertiary/aromatic N) is 2. The molecule has 0 saturated heterocycles. The van der Waals surface area contributed by atoms with E-state index in [1.165, 1.54) is 11.7 Å². The molecule has 0 aliphatic heterocycles. The Morgan fingerprint density at radius 2 is 1.40 bits per heavy atom. The summed E-state index contributed by atoms with van der Waals surface area (Å²) in [5.41, 5.74) is 3.75. The molecule has 230 valence electrons. The van der Waals surface area contributed by atoms with E-state index in [4.69, 9.17) is 23.7 Å². The van der Waals surface area contributed by atoms with E-state index in [9.17, 15) is 9.59 Å². The molecule has 0 radical (unpaired) electrons. The number of ether oxygens (including phenoxy) is 5. The van der Waals surface area contributed by atoms with Gasteiger partial charge in [-0.1, -0.05) is 72.8 Å². The minimum atomic E-state index is -0.509. The molecule has 0 N–H and O–H groups in total. The maximum absolute atomic E-state index is 12.5. The molecule has 0 aliphatic carbocycles. The van der Waals surface area contributed by atoms with Crippen LogP contribution < -0.4 is 19.9 Å². The van der Waals surface area contributed by atoms with Gasteiger partial charge >= 0.3 is 11.7 Å². The SMILES string of the molecule is COc1nc(=O)n(COCCOC(=O)c2ccccc2)cc1Cc1cccc(OCc2ccc(OCc3ccccc3)cc2)c1. The second-order valence-corrected chi connectivity index (χ2v) is 10.1. The third-order valence-electron chi connectivity index (χ3n) is 6.79. The van der Waals surface area contributed by atoms with Crippen LogP contribution in [-0.2, 0) is 35.8 Å². The van der Waals surface area contributed by atoms with E-state index in [1.54, 1.807) is 30.5 Å². The third kappa shape index (κ3) is 9.29. The van der Waals surface area contributed by atoms with Gasteiger partial charge in [0.05, 0.1) is 19.3 Å². The quantitative estimate of drug-likeness (QED) is 0.108. The molecular formula is C36H34N2O7. The van der Waals surface area contributed by atoms with Crippen LogP contribution in [0, 0.1) is 0 Å². The van der Waals surface area contributed by atoms with Gasteiger partial charge in [-0.25, -0.2) is 9.59 Å². The Labute approximate surface area is 261 Å². The summed E-state index contributed by atoms with van der Waals surface area (Å²) in [5, 5.41) is 0. The van der Waals surface area contributed by atoms with E-state index in [-0.39, 0.29) is 25.8 Å². The first-order valence-electron chi connectivity index (χ1n) is 14.5. The molecule has 9 heteroatoms. The van der Waals surface area contributed by atoms with Gasteiger partial charge < -0.3 is 23.7 Å². The lowest BCUT2D eigenvalue weighted by Crippen LogP contribution is -2.26. The summed E-state index contributed by atoms with van der Waals surface area (Å²) < 4.78 is 29.5. The van der Waals surface area contributed by atoms with E-state index in [1.807, 2.05) is 84.9 Å². The molecule has 0 saturated carbocycles. The Hall–Kier alpha value is -5.41. The minimum absolute atomic E-state index is 0.0506. The van der Waals surface area contributed by atoms with Crippen molar-refractivity contribution in [2.45, 2.75) is 26.4 Å². The summed E-state index contributed by atoms with van der Waals surface area (Å²) in [7, 11) is 1.48. The first-order valence-corrected chi connectivity index (χ1v) is 14.5. The predicted molar refractivity (Wildman–Crippen MR) is 169 cm³/mol. The molecule has 5 aromatic rings. The number of rotatable bonds is 15. The molecule has 1 heterocycles. The van der Waals surface area contributed by atoms with Crippen LogP contribution in [0.5, 0.6) is 17.4 Å². The molecule has 0 spiro atoms. The number of esters is 1. The van der Waals surface area contributed by atoms with Crippen LogP contribution in [0.25, 0.3) is 0 Å². The molecule has 1 aromatic heterocycles. The zero-order valence-electron chi connectivity index (χ0n) is 25.0. The largest absolute Gasteiger partial charge is 0.489 e. The molecule has 0 amide bonds. The second kappa shape index (κ2) is 15.9. The average Bonchev–Trinajstić information content (AvgIpc) is 3.08. The van der Waals surface area contributed by atoms with Crippen molar-refractivity contribution in [1.82, 2.24) is 9.55 Å². The van der Waals surface area contributed by atoms with Gasteiger partial charge in [-0.05, 0) is 53.1 Å². The lowest BCUT2D eigenvalue weighted by atomic mass is 10.1. The topological polar surface area (TPSA) is 98.1 Å². The van der Waals surface area contributed by atoms with Crippen molar-refractivity contribution < 1.29 is 28.5 Å². The van der Waals surface area contributed by atoms with Crippen LogP contribution in [0.15, 0.2) is 120 Å². The number of hydrogen-bond donors (Lipinski definition) is 0. The van der Waals surface area contributed by atoms with Crippen molar-refractivity contribution in [1.29, 1.82) is 0 Å². The molecule has 0 unspecified atom stereocenters. The van der Waals surface area contributed by atoms with Crippen LogP contribution in [0.1, 0.15) is 32.6 Å². The van der Waals surface area contributed by atoms with Gasteiger partial charge in [0.25, 0.3) is 0 Å². The van der Waals surface area contributed by atoms with Gasteiger partial charge in [0.1, 0.15) is 38.1 Å². The van der Waals surface area contributed by atoms with Crippen molar-refractivity contribution in [2.24, 2.45) is 0 Å². The highest BCUT2D eigenvalue weighted by atomic mass is 16.6. The van der Waals surface area contributed by atoms with E-state index in [2.05, 4.69) is 4.98 Å². The summed E-state index contributed by atoms with van der Waals surface area (Å²) in [6, 6.07) is 34.3. The van der Waals surface area contributed by atoms with Gasteiger partial charge in [0, 0.05) is 18.2 Å². The summed E-state index contributed by atoms with van der Waals surface area (Å²) in [5.74, 6) is 1.32. The van der Waals surface area contributed by atoms with Crippen LogP contribution >= 0.6 is 0 Å². The molecule has 4 aromatic carbocycles. The van der Waals surface area contributed by atoms with Crippen molar-refractivity contribution in [3.8, 4) is 17.4 Å². The minimum Gasteiger partial charge on any atom is -0.489 e. The monoisotopic (exact) mass is 606 g/mol. The third-order valence-corrected chi connectivity index (χ3v) is 6.79. The van der Waals surface area contributed by atoms with Crippen LogP contribution in [0.4, 0.5) is 0 Å². The van der Waals surface area contributed by atoms with E-state index in [0.717, 1.165) is 22.4 Å². The second-order valence-electron chi connectivity index (χ2n) is 10.1. The normalized spacial score (nSPS) is 10.7. The number of carbonyl (C=O) groups excluding carboxylic acids is 1. The molecule has 0 bridgehead atoms. The van der Waals surface area contributed by atoms with Crippen molar-refractivity contribution in [3.63, 3.8) is 0 Å². The fourth-order valence-corrected chi connectivity index (χ4v) is 4.48. The summed E-state index contributed by atoms with van der Waals surface area (Å²) >= 11 is 0. The molecule has 5 rings (SSSR count). The molecule has 0 aliphatic rings. The first kappa shape index (κ1) is 31.0. The zero-order valence-corrected chi connectivity index (χ0v) is 25.0. The summed E-state index contributed by atoms with van der Waals surface area (Å²) in [6.45, 7) is 1.04. The van der Waals surface area contributed by atoms with E-state index >= 15 is 0 Å². The molecule has 0 fully saturated rings. The standard InChI is InChI=1S/C36H34N2O7/c1-41-34-31(23-38(36(40)37-34)26-42-19-20-43-35(39)30-12-6-3-7-13-30)21-29-11-8-14-33(22-29)45-25-28-15-17-32(18-16-28)44-24-27-9-4-2-5-10-27/h2-18,22-23H,19-21,24-26H2,1H3. The Morgan fingerprint density at radius 3 is 2.13 bits per heavy atom. The Morgan fingerprint density at radius 1 is 0.733 bits per heavy atom. The summed E-state index contributed by atoms with van der Waals surface area (Å²) in [6.07, 6.45) is 2.12. The Kier molecular flexibility index (Phi) is 11.0. The predicted octanol–water partition coefficient (Wildman–Crippen LogP) is 5.83. The summed E-state index contributed by atoms with van der Waals surface area (Å²) in [4.78, 5) is 28.7. The fourth-order valence-electron chi connectivity index (χ4n) is 4.48. The highest BCUT2D eigenvalue weighted by Crippen LogP contribution is 2.22. The van der Waals surface area contributed by atoms with Gasteiger partial charge in [-0.15, -0.1) is 0 Å². The first-order chi connectivity index (χ1) is 22.1. The lowest BCUT2D eigenvalue weighted by Gasteiger charge is -2.13. The number of methoxy groups -OCH3 is 1. The highest BCUT2D eigenvalue weighted by molar-refractivity contribution is 5.89. The van der Waals surface area contributed by atoms with Gasteiger partial charge in [-0.2, -0.15) is 4.98 Å². The molecule has 9 nitrogen and oxygen atoms in total. The maximum Gasteiger partial charge on any atom is 0.352 e. The van der Waals surface area contributed by atoms with Crippen molar-refractivity contribution in [2.75, 3.05) is 20.3 Å². The highest BCUT2D eigenvalue weighted by Gasteiger charge is 2.12. The number of carbonyl (C=O) groups is 1. The molecular weight excluding hydrogens is 572 g/mol.